The standard InChI is InChI=1S/C21H29NO3/c1-14-9-15(13-19(10-14)24-5)16-11-17-7-6-8-18(12-16)22(17)20(23)25-21(2,3)4/h9-11,13,17-18H,6-8,12H2,1-5H3. The Morgan fingerprint density at radius 1 is 1.20 bits per heavy atom. The minimum absolute atomic E-state index is 0.129. The fourth-order valence-corrected chi connectivity index (χ4v) is 3.89. The first-order valence-electron chi connectivity index (χ1n) is 9.15. The van der Waals surface area contributed by atoms with Gasteiger partial charge in [0.15, 0.2) is 0 Å². The zero-order valence-electron chi connectivity index (χ0n) is 16.0. The Labute approximate surface area is 150 Å². The van der Waals surface area contributed by atoms with E-state index in [1.807, 2.05) is 31.7 Å². The van der Waals surface area contributed by atoms with Gasteiger partial charge >= 0.3 is 6.09 Å². The fraction of sp³-hybridized carbons (Fsp3) is 0.571. The molecule has 0 N–H and O–H groups in total. The van der Waals surface area contributed by atoms with Crippen LogP contribution in [0.15, 0.2) is 24.3 Å². The molecule has 0 spiro atoms. The molecule has 25 heavy (non-hydrogen) atoms. The average Bonchev–Trinajstić information content (AvgIpc) is 2.51. The third-order valence-electron chi connectivity index (χ3n) is 4.90. The van der Waals surface area contributed by atoms with E-state index in [1.54, 1.807) is 7.11 Å². The van der Waals surface area contributed by atoms with Gasteiger partial charge in [0.25, 0.3) is 0 Å². The first-order chi connectivity index (χ1) is 11.8. The first kappa shape index (κ1) is 17.8. The Hall–Kier alpha value is -1.97. The number of amides is 1. The number of benzene rings is 1. The predicted molar refractivity (Wildman–Crippen MR) is 99.8 cm³/mol. The fourth-order valence-electron chi connectivity index (χ4n) is 3.89. The summed E-state index contributed by atoms with van der Waals surface area (Å²) in [6, 6.07) is 6.69. The molecule has 1 fully saturated rings. The van der Waals surface area contributed by atoms with Crippen LogP contribution < -0.4 is 4.74 Å². The van der Waals surface area contributed by atoms with Crippen LogP contribution in [-0.2, 0) is 4.74 Å². The van der Waals surface area contributed by atoms with Crippen molar-refractivity contribution in [1.29, 1.82) is 0 Å². The summed E-state index contributed by atoms with van der Waals surface area (Å²) >= 11 is 0. The highest BCUT2D eigenvalue weighted by molar-refractivity contribution is 5.75. The summed E-state index contributed by atoms with van der Waals surface area (Å²) in [7, 11) is 1.70. The SMILES string of the molecule is COc1cc(C)cc(C2=CC3CCCC(C2)N3C(=O)OC(C)(C)C)c1. The van der Waals surface area contributed by atoms with Crippen LogP contribution in [0.2, 0.25) is 0 Å². The first-order valence-corrected chi connectivity index (χ1v) is 9.15. The minimum atomic E-state index is -0.459. The van der Waals surface area contributed by atoms with E-state index in [2.05, 4.69) is 25.1 Å². The van der Waals surface area contributed by atoms with Gasteiger partial charge in [-0.3, -0.25) is 4.90 Å². The molecule has 3 rings (SSSR count). The van der Waals surface area contributed by atoms with Crippen molar-refractivity contribution in [2.45, 2.75) is 71.1 Å². The molecule has 0 saturated carbocycles. The van der Waals surface area contributed by atoms with Crippen molar-refractivity contribution in [3.8, 4) is 5.75 Å². The Bertz CT molecular complexity index is 687. The molecule has 0 aliphatic carbocycles. The normalized spacial score (nSPS) is 23.1. The van der Waals surface area contributed by atoms with Crippen LogP contribution in [0.3, 0.4) is 0 Å². The van der Waals surface area contributed by atoms with Gasteiger partial charge in [0.05, 0.1) is 13.2 Å². The highest BCUT2D eigenvalue weighted by Gasteiger charge is 2.39. The van der Waals surface area contributed by atoms with Crippen LogP contribution in [0.25, 0.3) is 5.57 Å². The van der Waals surface area contributed by atoms with Gasteiger partial charge in [0.1, 0.15) is 11.4 Å². The third-order valence-corrected chi connectivity index (χ3v) is 4.90. The Morgan fingerprint density at radius 2 is 1.96 bits per heavy atom. The lowest BCUT2D eigenvalue weighted by molar-refractivity contribution is 0.0000825. The number of carbonyl (C=O) groups is 1. The number of fused-ring (bicyclic) bond motifs is 2. The van der Waals surface area contributed by atoms with Crippen molar-refractivity contribution < 1.29 is 14.3 Å². The molecular weight excluding hydrogens is 314 g/mol. The molecular formula is C21H29NO3. The zero-order chi connectivity index (χ0) is 18.2. The molecule has 136 valence electrons. The minimum Gasteiger partial charge on any atom is -0.497 e. The van der Waals surface area contributed by atoms with Crippen molar-refractivity contribution in [3.05, 3.63) is 35.4 Å². The van der Waals surface area contributed by atoms with Crippen LogP contribution in [0.4, 0.5) is 4.79 Å². The largest absolute Gasteiger partial charge is 0.497 e. The molecule has 2 atom stereocenters. The smallest absolute Gasteiger partial charge is 0.411 e. The van der Waals surface area contributed by atoms with E-state index >= 15 is 0 Å². The highest BCUT2D eigenvalue weighted by Crippen LogP contribution is 2.38. The lowest BCUT2D eigenvalue weighted by Crippen LogP contribution is -2.53. The summed E-state index contributed by atoms with van der Waals surface area (Å²) in [6.45, 7) is 7.85. The number of piperidine rings is 1. The van der Waals surface area contributed by atoms with E-state index in [1.165, 1.54) is 16.7 Å². The van der Waals surface area contributed by atoms with Crippen molar-refractivity contribution in [2.24, 2.45) is 0 Å². The number of hydrogen-bond donors (Lipinski definition) is 0. The summed E-state index contributed by atoms with van der Waals surface area (Å²) in [6.07, 6.45) is 6.16. The van der Waals surface area contributed by atoms with E-state index in [9.17, 15) is 4.79 Å². The quantitative estimate of drug-likeness (QED) is 0.763. The van der Waals surface area contributed by atoms with Gasteiger partial charge in [-0.2, -0.15) is 0 Å². The van der Waals surface area contributed by atoms with E-state index in [-0.39, 0.29) is 18.2 Å². The second-order valence-corrected chi connectivity index (χ2v) is 8.17. The summed E-state index contributed by atoms with van der Waals surface area (Å²) in [5.41, 5.74) is 3.25. The van der Waals surface area contributed by atoms with Gasteiger partial charge < -0.3 is 9.47 Å². The Kier molecular flexibility index (Phi) is 4.81. The monoisotopic (exact) mass is 343 g/mol. The van der Waals surface area contributed by atoms with Gasteiger partial charge in [-0.1, -0.05) is 12.1 Å². The van der Waals surface area contributed by atoms with Crippen molar-refractivity contribution in [1.82, 2.24) is 4.90 Å². The molecule has 2 unspecified atom stereocenters. The number of methoxy groups -OCH3 is 1. The van der Waals surface area contributed by atoms with E-state index in [4.69, 9.17) is 9.47 Å². The van der Waals surface area contributed by atoms with E-state index < -0.39 is 5.60 Å². The number of hydrogen-bond acceptors (Lipinski definition) is 3. The van der Waals surface area contributed by atoms with Crippen LogP contribution in [0, 0.1) is 6.92 Å². The second kappa shape index (κ2) is 6.74. The van der Waals surface area contributed by atoms with Crippen molar-refractivity contribution >= 4 is 11.7 Å². The van der Waals surface area contributed by atoms with E-state index in [0.29, 0.717) is 0 Å². The zero-order valence-corrected chi connectivity index (χ0v) is 16.0. The number of aryl methyl sites for hydroxylation is 1. The highest BCUT2D eigenvalue weighted by atomic mass is 16.6. The number of nitrogens with zero attached hydrogens (tertiary/aromatic N) is 1. The van der Waals surface area contributed by atoms with Crippen LogP contribution in [-0.4, -0.2) is 35.8 Å². The topological polar surface area (TPSA) is 38.8 Å². The van der Waals surface area contributed by atoms with Gasteiger partial charge in [-0.15, -0.1) is 0 Å². The molecule has 2 aliphatic rings. The number of rotatable bonds is 2. The molecule has 0 aromatic heterocycles. The molecule has 1 amide bonds. The van der Waals surface area contributed by atoms with Gasteiger partial charge in [0.2, 0.25) is 0 Å². The summed E-state index contributed by atoms with van der Waals surface area (Å²) in [4.78, 5) is 14.6. The molecule has 1 aromatic rings. The van der Waals surface area contributed by atoms with Crippen molar-refractivity contribution in [3.63, 3.8) is 0 Å². The second-order valence-electron chi connectivity index (χ2n) is 8.17. The van der Waals surface area contributed by atoms with Crippen LogP contribution in [0.5, 0.6) is 5.75 Å². The molecule has 4 nitrogen and oxygen atoms in total. The summed E-state index contributed by atoms with van der Waals surface area (Å²) < 4.78 is 11.1. The predicted octanol–water partition coefficient (Wildman–Crippen LogP) is 4.95. The molecule has 2 heterocycles. The molecule has 4 heteroatoms. The lowest BCUT2D eigenvalue weighted by atomic mass is 9.83. The maximum Gasteiger partial charge on any atom is 0.411 e. The third kappa shape index (κ3) is 4.00. The van der Waals surface area contributed by atoms with Crippen LogP contribution >= 0.6 is 0 Å². The molecule has 2 bridgehead atoms. The Morgan fingerprint density at radius 3 is 2.60 bits per heavy atom. The summed E-state index contributed by atoms with van der Waals surface area (Å²) in [5, 5.41) is 0. The maximum atomic E-state index is 12.7. The molecule has 0 radical (unpaired) electrons. The van der Waals surface area contributed by atoms with Gasteiger partial charge in [-0.25, -0.2) is 4.79 Å². The van der Waals surface area contributed by atoms with Gasteiger partial charge in [-0.05, 0) is 82.2 Å². The molecule has 1 saturated heterocycles. The maximum absolute atomic E-state index is 12.7. The molecule has 2 aliphatic heterocycles. The Balaban J connectivity index is 1.89. The van der Waals surface area contributed by atoms with E-state index in [0.717, 1.165) is 31.4 Å². The molecule has 1 aromatic carbocycles. The number of ether oxygens (including phenoxy) is 2. The summed E-state index contributed by atoms with van der Waals surface area (Å²) in [5.74, 6) is 0.885. The van der Waals surface area contributed by atoms with Crippen molar-refractivity contribution in [2.75, 3.05) is 7.11 Å². The van der Waals surface area contributed by atoms with Gasteiger partial charge in [0, 0.05) is 6.04 Å². The van der Waals surface area contributed by atoms with Crippen LogP contribution in [0.1, 0.15) is 57.6 Å². The average molecular weight is 343 g/mol. The number of carbonyl (C=O) groups excluding carboxylic acids is 1. The lowest BCUT2D eigenvalue weighted by Gasteiger charge is -2.45.